The molecule has 1 unspecified atom stereocenters. The molecule has 12 nitrogen and oxygen atoms in total. The van der Waals surface area contributed by atoms with E-state index in [4.69, 9.17) is 0 Å². The van der Waals surface area contributed by atoms with Gasteiger partial charge in [0, 0.05) is 102 Å². The molecule has 0 saturated carbocycles. The van der Waals surface area contributed by atoms with Crippen molar-refractivity contribution in [2.45, 2.75) is 38.1 Å². The van der Waals surface area contributed by atoms with Gasteiger partial charge in [0.15, 0.2) is 5.82 Å². The molecule has 2 saturated heterocycles. The predicted octanol–water partition coefficient (Wildman–Crippen LogP) is 5.56. The van der Waals surface area contributed by atoms with Gasteiger partial charge in [-0.05, 0) is 77.6 Å². The predicted molar refractivity (Wildman–Crippen MR) is 214 cm³/mol. The number of fused-ring (bicyclic) bond motifs is 1. The lowest BCUT2D eigenvalue weighted by molar-refractivity contribution is -0.134. The van der Waals surface area contributed by atoms with Gasteiger partial charge < -0.3 is 24.6 Å². The molecule has 5 aromatic rings. The van der Waals surface area contributed by atoms with Crippen LogP contribution in [0.1, 0.15) is 53.2 Å². The highest BCUT2D eigenvalue weighted by molar-refractivity contribution is 6.05. The van der Waals surface area contributed by atoms with Gasteiger partial charge in [0.2, 0.25) is 17.7 Å². The van der Waals surface area contributed by atoms with Crippen molar-refractivity contribution in [1.29, 1.82) is 0 Å². The minimum Gasteiger partial charge on any atom is -0.368 e. The Morgan fingerprint density at radius 2 is 1.70 bits per heavy atom. The van der Waals surface area contributed by atoms with Gasteiger partial charge >= 0.3 is 0 Å². The number of amides is 4. The Morgan fingerprint density at radius 3 is 2.40 bits per heavy atom. The van der Waals surface area contributed by atoms with Crippen LogP contribution in [0.25, 0.3) is 27.6 Å². The zero-order valence-electron chi connectivity index (χ0n) is 31.9. The molecule has 0 radical (unpaired) electrons. The minimum absolute atomic E-state index is 0.0270. The SMILES string of the molecule is CN(C)C(=O)c1cc2c(-c3ccc(N4CCN(c5ccc(C6CCC(=O)NC6=O)cc5F)CC4)cc3)cc(C3=CCCN(C(=O)CCn4cccn4)C3)c(F)c2[nH]1. The first-order chi connectivity index (χ1) is 27.5. The number of aromatic amines is 1. The molecule has 0 aliphatic carbocycles. The van der Waals surface area contributed by atoms with Crippen LogP contribution in [0.3, 0.4) is 0 Å². The zero-order valence-corrected chi connectivity index (χ0v) is 31.9. The number of hydrogen-bond acceptors (Lipinski definition) is 7. The molecule has 3 aliphatic heterocycles. The average Bonchev–Trinajstić information content (AvgIpc) is 3.92. The molecule has 2 N–H and O–H groups in total. The lowest BCUT2D eigenvalue weighted by Crippen LogP contribution is -2.46. The van der Waals surface area contributed by atoms with Crippen molar-refractivity contribution in [3.05, 3.63) is 108 Å². The molecule has 14 heteroatoms. The molecule has 2 fully saturated rings. The van der Waals surface area contributed by atoms with E-state index in [1.165, 1.54) is 11.0 Å². The normalized spacial score (nSPS) is 17.5. The Kier molecular flexibility index (Phi) is 10.3. The number of nitrogens with one attached hydrogen (secondary N) is 2. The summed E-state index contributed by atoms with van der Waals surface area (Å²) in [7, 11) is 3.30. The van der Waals surface area contributed by atoms with Crippen molar-refractivity contribution in [3.8, 4) is 11.1 Å². The quantitative estimate of drug-likeness (QED) is 0.188. The van der Waals surface area contributed by atoms with Gasteiger partial charge in [-0.3, -0.25) is 29.2 Å². The molecule has 0 spiro atoms. The molecule has 5 heterocycles. The van der Waals surface area contributed by atoms with Gasteiger partial charge in [-0.1, -0.05) is 24.3 Å². The Morgan fingerprint density at radius 1 is 0.930 bits per heavy atom. The maximum Gasteiger partial charge on any atom is 0.269 e. The smallest absolute Gasteiger partial charge is 0.269 e. The highest BCUT2D eigenvalue weighted by Crippen LogP contribution is 2.38. The zero-order chi connectivity index (χ0) is 39.8. The average molecular weight is 775 g/mol. The molecule has 4 amide bonds. The maximum atomic E-state index is 16.5. The van der Waals surface area contributed by atoms with E-state index in [0.717, 1.165) is 16.8 Å². The molecular weight excluding hydrogens is 731 g/mol. The van der Waals surface area contributed by atoms with Crippen LogP contribution in [-0.2, 0) is 20.9 Å². The van der Waals surface area contributed by atoms with Crippen LogP contribution in [0.5, 0.6) is 0 Å². The van der Waals surface area contributed by atoms with Crippen molar-refractivity contribution >= 4 is 51.5 Å². The number of piperidine rings is 1. The number of hydrogen-bond donors (Lipinski definition) is 2. The van der Waals surface area contributed by atoms with Crippen molar-refractivity contribution in [2.75, 3.05) is 63.2 Å². The summed E-state index contributed by atoms with van der Waals surface area (Å²) in [6, 6.07) is 18.3. The van der Waals surface area contributed by atoms with E-state index in [1.54, 1.807) is 48.1 Å². The fourth-order valence-corrected chi connectivity index (χ4v) is 8.11. The van der Waals surface area contributed by atoms with Gasteiger partial charge in [0.25, 0.3) is 5.91 Å². The van der Waals surface area contributed by atoms with E-state index in [-0.39, 0.29) is 54.2 Å². The fraction of sp³-hybridized carbons (Fsp3) is 0.326. The first-order valence-corrected chi connectivity index (χ1v) is 19.3. The highest BCUT2D eigenvalue weighted by atomic mass is 19.1. The largest absolute Gasteiger partial charge is 0.368 e. The van der Waals surface area contributed by atoms with Crippen LogP contribution in [0.2, 0.25) is 0 Å². The van der Waals surface area contributed by atoms with Crippen LogP contribution in [0.15, 0.2) is 79.1 Å². The summed E-state index contributed by atoms with van der Waals surface area (Å²) < 4.78 is 33.7. The number of carbonyl (C=O) groups excluding carboxylic acids is 4. The number of imide groups is 1. The van der Waals surface area contributed by atoms with Crippen LogP contribution in [-0.4, -0.2) is 102 Å². The summed E-state index contributed by atoms with van der Waals surface area (Å²) >= 11 is 0. The van der Waals surface area contributed by atoms with Gasteiger partial charge in [-0.2, -0.15) is 5.10 Å². The van der Waals surface area contributed by atoms with Gasteiger partial charge in [-0.15, -0.1) is 0 Å². The van der Waals surface area contributed by atoms with Crippen molar-refractivity contribution in [2.24, 2.45) is 0 Å². The summed E-state index contributed by atoms with van der Waals surface area (Å²) in [5, 5.41) is 7.11. The first-order valence-electron chi connectivity index (χ1n) is 19.3. The van der Waals surface area contributed by atoms with E-state index in [9.17, 15) is 19.2 Å². The number of aromatic nitrogens is 3. The second-order valence-electron chi connectivity index (χ2n) is 15.0. The number of benzene rings is 3. The third-order valence-corrected chi connectivity index (χ3v) is 11.2. The molecular formula is C43H44F2N8O4. The number of H-pyrrole nitrogens is 1. The summed E-state index contributed by atoms with van der Waals surface area (Å²) in [6.07, 6.45) is 6.95. The summed E-state index contributed by atoms with van der Waals surface area (Å²) in [6.45, 7) is 3.75. The lowest BCUT2D eigenvalue weighted by Gasteiger charge is -2.37. The van der Waals surface area contributed by atoms with E-state index in [1.807, 2.05) is 53.6 Å². The molecule has 294 valence electrons. The third kappa shape index (κ3) is 7.63. The number of halogens is 2. The van der Waals surface area contributed by atoms with Crippen molar-refractivity contribution in [3.63, 3.8) is 0 Å². The maximum absolute atomic E-state index is 16.5. The standard InChI is InChI=1S/C43H44F2N8O4/c1-49(2)43(57)36-25-34-32(24-33(40(45)41(34)47-36)29-5-3-16-52(26-29)39(55)14-18-53-17-4-15-46-53)27-6-9-30(10-7-27)50-19-21-51(22-20-50)37-12-8-28(23-35(37)44)31-11-13-38(54)48-42(31)56/h4-10,12,15,17,23-25,31,47H,3,11,13-14,16,18-22,26H2,1-2H3,(H,48,54,56). The van der Waals surface area contributed by atoms with Crippen LogP contribution in [0.4, 0.5) is 20.2 Å². The van der Waals surface area contributed by atoms with Crippen LogP contribution >= 0.6 is 0 Å². The van der Waals surface area contributed by atoms with E-state index >= 15 is 8.78 Å². The lowest BCUT2D eigenvalue weighted by atomic mass is 9.90. The second-order valence-corrected chi connectivity index (χ2v) is 15.0. The summed E-state index contributed by atoms with van der Waals surface area (Å²) in [5.74, 6) is -2.40. The van der Waals surface area contributed by atoms with Crippen LogP contribution in [0, 0.1) is 11.6 Å². The van der Waals surface area contributed by atoms with Crippen molar-refractivity contribution < 1.29 is 28.0 Å². The number of carbonyl (C=O) groups is 4. The third-order valence-electron chi connectivity index (χ3n) is 11.2. The minimum atomic E-state index is -0.544. The molecule has 57 heavy (non-hydrogen) atoms. The van der Waals surface area contributed by atoms with E-state index in [0.29, 0.717) is 79.9 Å². The number of aryl methyl sites for hydroxylation is 1. The summed E-state index contributed by atoms with van der Waals surface area (Å²) in [4.78, 5) is 60.7. The molecule has 3 aromatic carbocycles. The monoisotopic (exact) mass is 774 g/mol. The first kappa shape index (κ1) is 37.6. The van der Waals surface area contributed by atoms with Gasteiger partial charge in [-0.25, -0.2) is 8.78 Å². The van der Waals surface area contributed by atoms with Crippen LogP contribution < -0.4 is 15.1 Å². The van der Waals surface area contributed by atoms with Crippen molar-refractivity contribution in [1.82, 2.24) is 29.9 Å². The number of nitrogens with zero attached hydrogens (tertiary/aromatic N) is 6. The molecule has 3 aliphatic rings. The Bertz CT molecular complexity index is 2380. The topological polar surface area (TPSA) is 127 Å². The Balaban J connectivity index is 1.01. The molecule has 1 atom stereocenters. The number of anilines is 2. The highest BCUT2D eigenvalue weighted by Gasteiger charge is 2.30. The molecule has 2 aromatic heterocycles. The summed E-state index contributed by atoms with van der Waals surface area (Å²) in [5.41, 5.74) is 5.22. The fourth-order valence-electron chi connectivity index (χ4n) is 8.11. The Labute approximate surface area is 328 Å². The van der Waals surface area contributed by atoms with Gasteiger partial charge in [0.1, 0.15) is 11.5 Å². The van der Waals surface area contributed by atoms with Gasteiger partial charge in [0.05, 0.1) is 17.1 Å². The molecule has 8 rings (SSSR count). The molecule has 0 bridgehead atoms. The Hall–Kier alpha value is -6.31. The second kappa shape index (κ2) is 15.7. The number of piperazine rings is 1. The number of rotatable bonds is 9. The van der Waals surface area contributed by atoms with E-state index < -0.39 is 17.6 Å². The van der Waals surface area contributed by atoms with E-state index in [2.05, 4.69) is 20.3 Å².